The molecule has 0 unspecified atom stereocenters. The van der Waals surface area contributed by atoms with Crippen LogP contribution in [0.1, 0.15) is 42.4 Å². The maximum absolute atomic E-state index is 13.2. The molecule has 1 amide bonds. The number of hydrogen-bond donors (Lipinski definition) is 0. The number of nitriles is 1. The molecule has 156 valence electrons. The molecule has 2 fully saturated rings. The second-order valence-corrected chi connectivity index (χ2v) is 9.05. The molecule has 1 saturated heterocycles. The highest BCUT2D eigenvalue weighted by molar-refractivity contribution is 6.30. The van der Waals surface area contributed by atoms with Gasteiger partial charge in [0.2, 0.25) is 5.91 Å². The minimum Gasteiger partial charge on any atom is -0.339 e. The van der Waals surface area contributed by atoms with Crippen molar-refractivity contribution >= 4 is 17.5 Å². The van der Waals surface area contributed by atoms with Crippen molar-refractivity contribution in [2.24, 2.45) is 5.92 Å². The zero-order valence-electron chi connectivity index (χ0n) is 17.3. The Morgan fingerprint density at radius 3 is 2.47 bits per heavy atom. The smallest absolute Gasteiger partial charge is 0.227 e. The number of piperidine rings is 1. The van der Waals surface area contributed by atoms with Crippen molar-refractivity contribution in [3.8, 4) is 6.07 Å². The van der Waals surface area contributed by atoms with Crippen molar-refractivity contribution in [3.63, 3.8) is 0 Å². The third-order valence-corrected chi connectivity index (χ3v) is 6.45. The van der Waals surface area contributed by atoms with Crippen LogP contribution < -0.4 is 0 Å². The second-order valence-electron chi connectivity index (χ2n) is 8.61. The number of hydrogen-bond acceptors (Lipinski definition) is 3. The average molecular weight is 422 g/mol. The number of nitrogens with zero attached hydrogens (tertiary/aromatic N) is 3. The summed E-state index contributed by atoms with van der Waals surface area (Å²) in [4.78, 5) is 17.8. The standard InChI is InChI=1S/C25H28ClN3O/c26-23-8-6-19(7-9-23)15-25(30)29(18-20-4-5-20)24-10-12-28(13-11-24)17-22-3-1-2-21(14-22)16-27/h1-3,6-9,14,20,24H,4-5,10-13,15,17-18H2. The van der Waals surface area contributed by atoms with Gasteiger partial charge in [0.1, 0.15) is 0 Å². The van der Waals surface area contributed by atoms with Crippen molar-refractivity contribution in [2.75, 3.05) is 19.6 Å². The van der Waals surface area contributed by atoms with Gasteiger partial charge in [-0.15, -0.1) is 0 Å². The van der Waals surface area contributed by atoms with Gasteiger partial charge >= 0.3 is 0 Å². The Labute approximate surface area is 184 Å². The van der Waals surface area contributed by atoms with Crippen LogP contribution in [0.2, 0.25) is 5.02 Å². The van der Waals surface area contributed by atoms with Gasteiger partial charge in [-0.25, -0.2) is 0 Å². The third-order valence-electron chi connectivity index (χ3n) is 6.20. The van der Waals surface area contributed by atoms with Crippen LogP contribution in [0.25, 0.3) is 0 Å². The topological polar surface area (TPSA) is 47.3 Å². The highest BCUT2D eigenvalue weighted by Crippen LogP contribution is 2.32. The van der Waals surface area contributed by atoms with Gasteiger partial charge in [-0.2, -0.15) is 5.26 Å². The van der Waals surface area contributed by atoms with Gasteiger partial charge in [0.05, 0.1) is 18.1 Å². The van der Waals surface area contributed by atoms with Crippen LogP contribution in [-0.4, -0.2) is 41.4 Å². The number of rotatable bonds is 7. The van der Waals surface area contributed by atoms with E-state index in [1.54, 1.807) is 0 Å². The van der Waals surface area contributed by atoms with E-state index >= 15 is 0 Å². The minimum absolute atomic E-state index is 0.240. The Kier molecular flexibility index (Phi) is 6.72. The molecule has 1 saturated carbocycles. The van der Waals surface area contributed by atoms with Crippen LogP contribution in [0, 0.1) is 17.2 Å². The zero-order chi connectivity index (χ0) is 20.9. The van der Waals surface area contributed by atoms with E-state index in [-0.39, 0.29) is 5.91 Å². The maximum Gasteiger partial charge on any atom is 0.227 e. The number of carbonyl (C=O) groups is 1. The highest BCUT2D eigenvalue weighted by atomic mass is 35.5. The van der Waals surface area contributed by atoms with Gasteiger partial charge in [-0.3, -0.25) is 9.69 Å². The fraction of sp³-hybridized carbons (Fsp3) is 0.440. The summed E-state index contributed by atoms with van der Waals surface area (Å²) in [7, 11) is 0. The maximum atomic E-state index is 13.2. The van der Waals surface area contributed by atoms with Crippen molar-refractivity contribution in [1.82, 2.24) is 9.80 Å². The van der Waals surface area contributed by atoms with E-state index in [2.05, 4.69) is 21.9 Å². The van der Waals surface area contributed by atoms with Crippen molar-refractivity contribution < 1.29 is 4.79 Å². The molecule has 0 radical (unpaired) electrons. The second kappa shape index (κ2) is 9.64. The lowest BCUT2D eigenvalue weighted by Gasteiger charge is -2.39. The van der Waals surface area contributed by atoms with Crippen LogP contribution in [0.15, 0.2) is 48.5 Å². The highest BCUT2D eigenvalue weighted by Gasteiger charge is 2.33. The molecule has 0 spiro atoms. The van der Waals surface area contributed by atoms with Gasteiger partial charge in [-0.1, -0.05) is 35.9 Å². The molecule has 2 aromatic rings. The first-order chi connectivity index (χ1) is 14.6. The summed E-state index contributed by atoms with van der Waals surface area (Å²) in [5, 5.41) is 9.81. The van der Waals surface area contributed by atoms with Crippen LogP contribution in [-0.2, 0) is 17.8 Å². The first kappa shape index (κ1) is 20.9. The van der Waals surface area contributed by atoms with Gasteiger partial charge in [-0.05, 0) is 67.0 Å². The quantitative estimate of drug-likeness (QED) is 0.653. The summed E-state index contributed by atoms with van der Waals surface area (Å²) in [6.07, 6.45) is 4.97. The zero-order valence-corrected chi connectivity index (χ0v) is 18.0. The molecule has 1 aliphatic heterocycles. The molecular formula is C25H28ClN3O. The number of likely N-dealkylation sites (tertiary alicyclic amines) is 1. The van der Waals surface area contributed by atoms with Gasteiger partial charge in [0.15, 0.2) is 0 Å². The van der Waals surface area contributed by atoms with E-state index in [9.17, 15) is 4.79 Å². The lowest BCUT2D eigenvalue weighted by Crippen LogP contribution is -2.48. The van der Waals surface area contributed by atoms with E-state index in [4.69, 9.17) is 16.9 Å². The Morgan fingerprint density at radius 2 is 1.80 bits per heavy atom. The van der Waals surface area contributed by atoms with Crippen LogP contribution in [0.3, 0.4) is 0 Å². The lowest BCUT2D eigenvalue weighted by atomic mass is 10.0. The summed E-state index contributed by atoms with van der Waals surface area (Å²) in [6.45, 7) is 3.73. The SMILES string of the molecule is N#Cc1cccc(CN2CCC(N(CC3CC3)C(=O)Cc3ccc(Cl)cc3)CC2)c1. The average Bonchev–Trinajstić information content (AvgIpc) is 3.59. The first-order valence-corrected chi connectivity index (χ1v) is 11.2. The summed E-state index contributed by atoms with van der Waals surface area (Å²) in [6, 6.07) is 18.0. The number of halogens is 1. The number of carbonyl (C=O) groups excluding carboxylic acids is 1. The fourth-order valence-corrected chi connectivity index (χ4v) is 4.42. The number of amides is 1. The Hall–Kier alpha value is -2.35. The van der Waals surface area contributed by atoms with E-state index in [0.717, 1.165) is 44.6 Å². The Balaban J connectivity index is 1.35. The Bertz CT molecular complexity index is 909. The molecule has 4 nitrogen and oxygen atoms in total. The molecule has 2 aromatic carbocycles. The molecule has 4 rings (SSSR count). The fourth-order valence-electron chi connectivity index (χ4n) is 4.30. The van der Waals surface area contributed by atoms with Gasteiger partial charge in [0, 0.05) is 37.2 Å². The summed E-state index contributed by atoms with van der Waals surface area (Å²) < 4.78 is 0. The molecule has 0 aromatic heterocycles. The third kappa shape index (κ3) is 5.62. The molecule has 0 bridgehead atoms. The molecule has 1 aliphatic carbocycles. The van der Waals surface area contributed by atoms with E-state index in [1.165, 1.54) is 18.4 Å². The molecule has 2 aliphatic rings. The van der Waals surface area contributed by atoms with Crippen molar-refractivity contribution in [2.45, 2.75) is 44.7 Å². The predicted molar refractivity (Wildman–Crippen MR) is 119 cm³/mol. The summed E-state index contributed by atoms with van der Waals surface area (Å²) in [5.74, 6) is 0.926. The summed E-state index contributed by atoms with van der Waals surface area (Å²) in [5.41, 5.74) is 2.92. The van der Waals surface area contributed by atoms with E-state index in [1.807, 2.05) is 42.5 Å². The first-order valence-electron chi connectivity index (χ1n) is 10.9. The molecular weight excluding hydrogens is 394 g/mol. The molecule has 0 N–H and O–H groups in total. The van der Waals surface area contributed by atoms with Crippen molar-refractivity contribution in [3.05, 3.63) is 70.2 Å². The van der Waals surface area contributed by atoms with Crippen LogP contribution in [0.4, 0.5) is 0 Å². The molecule has 0 atom stereocenters. The normalized spacial score (nSPS) is 17.5. The monoisotopic (exact) mass is 421 g/mol. The van der Waals surface area contributed by atoms with E-state index < -0.39 is 0 Å². The largest absolute Gasteiger partial charge is 0.339 e. The van der Waals surface area contributed by atoms with Crippen LogP contribution >= 0.6 is 11.6 Å². The lowest BCUT2D eigenvalue weighted by molar-refractivity contribution is -0.134. The Morgan fingerprint density at radius 1 is 1.07 bits per heavy atom. The van der Waals surface area contributed by atoms with Gasteiger partial charge < -0.3 is 4.90 Å². The predicted octanol–water partition coefficient (Wildman–Crippen LogP) is 4.66. The molecule has 30 heavy (non-hydrogen) atoms. The minimum atomic E-state index is 0.240. The molecule has 1 heterocycles. The van der Waals surface area contributed by atoms with Gasteiger partial charge in [0.25, 0.3) is 0 Å². The summed E-state index contributed by atoms with van der Waals surface area (Å²) >= 11 is 5.98. The molecule has 5 heteroatoms. The van der Waals surface area contributed by atoms with E-state index in [0.29, 0.717) is 29.0 Å². The number of benzene rings is 2. The van der Waals surface area contributed by atoms with Crippen molar-refractivity contribution in [1.29, 1.82) is 5.26 Å². The van der Waals surface area contributed by atoms with Crippen LogP contribution in [0.5, 0.6) is 0 Å².